The zero-order valence-corrected chi connectivity index (χ0v) is 15.4. The van der Waals surface area contributed by atoms with Crippen LogP contribution >= 0.6 is 22.9 Å². The third-order valence-corrected chi connectivity index (χ3v) is 4.33. The normalized spacial score (nSPS) is 10.5. The van der Waals surface area contributed by atoms with E-state index in [9.17, 15) is 19.1 Å². The first-order chi connectivity index (χ1) is 10.4. The molecule has 3 N–H and O–H groups in total. The van der Waals surface area contributed by atoms with Crippen molar-refractivity contribution in [3.05, 3.63) is 50.9 Å². The van der Waals surface area contributed by atoms with Crippen molar-refractivity contribution < 1.29 is 50.1 Å². The Hall–Kier alpha value is -1.38. The molecule has 0 fully saturated rings. The van der Waals surface area contributed by atoms with Gasteiger partial charge in [0, 0.05) is 5.39 Å². The van der Waals surface area contributed by atoms with Crippen molar-refractivity contribution in [3.8, 4) is 5.88 Å². The molecule has 0 aliphatic rings. The van der Waals surface area contributed by atoms with Gasteiger partial charge in [0.1, 0.15) is 5.82 Å². The Balaban J connectivity index is 0.00000144. The van der Waals surface area contributed by atoms with Crippen LogP contribution in [0.2, 0.25) is 5.02 Å². The Morgan fingerprint density at radius 1 is 1.39 bits per heavy atom. The van der Waals surface area contributed by atoms with Gasteiger partial charge in [0.15, 0.2) is 0 Å². The fourth-order valence-electron chi connectivity index (χ4n) is 2.25. The minimum atomic E-state index is -1.00. The van der Waals surface area contributed by atoms with Crippen molar-refractivity contribution in [1.82, 2.24) is 4.57 Å². The van der Waals surface area contributed by atoms with Gasteiger partial charge in [0.05, 0.1) is 21.0 Å². The van der Waals surface area contributed by atoms with E-state index in [2.05, 4.69) is 0 Å². The van der Waals surface area contributed by atoms with Crippen molar-refractivity contribution in [3.63, 3.8) is 0 Å². The number of carbonyl (C=O) groups excluding carboxylic acids is 2. The Kier molecular flexibility index (Phi) is 5.17. The fourth-order valence-corrected chi connectivity index (χ4v) is 3.07. The van der Waals surface area contributed by atoms with E-state index < -0.39 is 23.5 Å². The van der Waals surface area contributed by atoms with Gasteiger partial charge in [0.2, 0.25) is 11.7 Å². The number of nitrogens with zero attached hydrogens (tertiary/aromatic N) is 1. The standard InChI is InChI=1S/C14H8ClFN2O3S.Na.H/c15-7-5-9-6(4-8(7)16)11(13(20)18(9)14(17)21)12(19)10-2-1-3-22-10;;/h1-5,20H,(H2,17,21);;/q;+1;-1. The number of primary amides is 1. The van der Waals surface area contributed by atoms with Gasteiger partial charge in [-0.2, -0.15) is 0 Å². The summed E-state index contributed by atoms with van der Waals surface area (Å²) in [4.78, 5) is 24.4. The number of rotatable bonds is 2. The van der Waals surface area contributed by atoms with Gasteiger partial charge in [-0.15, -0.1) is 11.3 Å². The molecule has 23 heavy (non-hydrogen) atoms. The summed E-state index contributed by atoms with van der Waals surface area (Å²) in [6.07, 6.45) is 0. The molecule has 0 saturated carbocycles. The van der Waals surface area contributed by atoms with Crippen molar-refractivity contribution in [2.24, 2.45) is 5.73 Å². The predicted octanol–water partition coefficient (Wildman–Crippen LogP) is 0.475. The van der Waals surface area contributed by atoms with Crippen LogP contribution in [0.1, 0.15) is 16.7 Å². The number of carbonyl (C=O) groups is 2. The number of thiophene rings is 1. The number of fused-ring (bicyclic) bond motifs is 1. The minimum Gasteiger partial charge on any atom is -1.00 e. The first kappa shape index (κ1) is 18.0. The first-order valence-electron chi connectivity index (χ1n) is 6.02. The van der Waals surface area contributed by atoms with Crippen LogP contribution in [0.4, 0.5) is 9.18 Å². The number of halogens is 2. The molecule has 0 aliphatic carbocycles. The molecule has 2 aromatic heterocycles. The number of aromatic hydroxyl groups is 1. The fraction of sp³-hybridized carbons (Fsp3) is 0. The van der Waals surface area contributed by atoms with E-state index in [-0.39, 0.29) is 52.5 Å². The van der Waals surface area contributed by atoms with E-state index in [1.807, 2.05) is 0 Å². The molecule has 0 saturated heterocycles. The average Bonchev–Trinajstić information content (AvgIpc) is 3.05. The summed E-state index contributed by atoms with van der Waals surface area (Å²) < 4.78 is 14.5. The van der Waals surface area contributed by atoms with Crippen molar-refractivity contribution >= 4 is 45.7 Å². The maximum atomic E-state index is 13.7. The minimum absolute atomic E-state index is 0. The van der Waals surface area contributed by atoms with E-state index in [0.717, 1.165) is 28.0 Å². The molecule has 1 aromatic carbocycles. The molecule has 1 amide bonds. The molecular weight excluding hydrogens is 354 g/mol. The summed E-state index contributed by atoms with van der Waals surface area (Å²) in [6.45, 7) is 0. The van der Waals surface area contributed by atoms with Gasteiger partial charge >= 0.3 is 35.6 Å². The van der Waals surface area contributed by atoms with E-state index in [4.69, 9.17) is 17.3 Å². The summed E-state index contributed by atoms with van der Waals surface area (Å²) in [6, 6.07) is 4.36. The molecule has 0 radical (unpaired) electrons. The van der Waals surface area contributed by atoms with Crippen LogP contribution in [0.15, 0.2) is 29.6 Å². The molecule has 0 spiro atoms. The van der Waals surface area contributed by atoms with Crippen molar-refractivity contribution in [2.45, 2.75) is 0 Å². The quantitative estimate of drug-likeness (QED) is 0.513. The molecule has 0 atom stereocenters. The molecular formula is C14H9ClFN2NaO3S. The Morgan fingerprint density at radius 2 is 2.09 bits per heavy atom. The van der Waals surface area contributed by atoms with Crippen LogP contribution < -0.4 is 35.3 Å². The van der Waals surface area contributed by atoms with Crippen LogP contribution in [0.3, 0.4) is 0 Å². The number of hydrogen-bond acceptors (Lipinski definition) is 4. The smallest absolute Gasteiger partial charge is 1.00 e. The van der Waals surface area contributed by atoms with Gasteiger partial charge in [-0.1, -0.05) is 17.7 Å². The van der Waals surface area contributed by atoms with Gasteiger partial charge in [-0.25, -0.2) is 13.8 Å². The zero-order chi connectivity index (χ0) is 16.0. The molecule has 3 aromatic rings. The number of benzene rings is 1. The molecule has 0 bridgehead atoms. The van der Waals surface area contributed by atoms with Gasteiger partial charge < -0.3 is 12.3 Å². The number of hydrogen-bond donors (Lipinski definition) is 2. The maximum Gasteiger partial charge on any atom is 1.00 e. The van der Waals surface area contributed by atoms with Crippen LogP contribution in [0.25, 0.3) is 10.9 Å². The van der Waals surface area contributed by atoms with Crippen molar-refractivity contribution in [2.75, 3.05) is 0 Å². The molecule has 0 unspecified atom stereocenters. The Labute approximate surface area is 162 Å². The number of amides is 1. The Morgan fingerprint density at radius 3 is 2.65 bits per heavy atom. The number of ketones is 1. The maximum absolute atomic E-state index is 13.7. The monoisotopic (exact) mass is 362 g/mol. The third-order valence-electron chi connectivity index (χ3n) is 3.18. The summed E-state index contributed by atoms with van der Waals surface area (Å²) in [5.74, 6) is -1.93. The molecule has 0 aliphatic heterocycles. The molecule has 9 heteroatoms. The van der Waals surface area contributed by atoms with Crippen molar-refractivity contribution in [1.29, 1.82) is 0 Å². The largest absolute Gasteiger partial charge is 1.00 e. The van der Waals surface area contributed by atoms with Gasteiger partial charge in [-0.05, 0) is 23.6 Å². The third kappa shape index (κ3) is 2.90. The summed E-state index contributed by atoms with van der Waals surface area (Å²) in [5.41, 5.74) is 5.10. The van der Waals surface area contributed by atoms with Gasteiger partial charge in [0.25, 0.3) is 0 Å². The predicted molar refractivity (Wildman–Crippen MR) is 82.4 cm³/mol. The second kappa shape index (κ2) is 6.62. The topological polar surface area (TPSA) is 85.3 Å². The summed E-state index contributed by atoms with van der Waals surface area (Å²) >= 11 is 6.86. The molecule has 3 rings (SSSR count). The van der Waals surface area contributed by atoms with E-state index in [1.165, 1.54) is 0 Å². The zero-order valence-electron chi connectivity index (χ0n) is 12.8. The SMILES string of the molecule is NC(=O)n1c(O)c(C(=O)c2cccs2)c2cc(F)c(Cl)cc21.[H-].[Na+]. The molecule has 114 valence electrons. The van der Waals surface area contributed by atoms with Crippen LogP contribution in [0.5, 0.6) is 5.88 Å². The summed E-state index contributed by atoms with van der Waals surface area (Å²) in [7, 11) is 0. The van der Waals surface area contributed by atoms with Gasteiger partial charge in [-0.3, -0.25) is 4.79 Å². The molecule has 5 nitrogen and oxygen atoms in total. The second-order valence-corrected chi connectivity index (χ2v) is 5.82. The number of nitrogens with two attached hydrogens (primary N) is 1. The van der Waals surface area contributed by atoms with E-state index in [1.54, 1.807) is 17.5 Å². The first-order valence-corrected chi connectivity index (χ1v) is 7.28. The van der Waals surface area contributed by atoms with E-state index >= 15 is 0 Å². The summed E-state index contributed by atoms with van der Waals surface area (Å²) in [5, 5.41) is 11.7. The number of aromatic nitrogens is 1. The molecule has 2 heterocycles. The average molecular weight is 363 g/mol. The van der Waals surface area contributed by atoms with Crippen LogP contribution in [-0.2, 0) is 0 Å². The Bertz CT molecular complexity index is 930. The van der Waals surface area contributed by atoms with E-state index in [0.29, 0.717) is 4.88 Å². The van der Waals surface area contributed by atoms with Crippen LogP contribution in [0, 0.1) is 5.82 Å². The van der Waals surface area contributed by atoms with Crippen LogP contribution in [-0.4, -0.2) is 21.5 Å². The second-order valence-electron chi connectivity index (χ2n) is 4.46.